The van der Waals surface area contributed by atoms with Crippen LogP contribution in [0.5, 0.6) is 5.75 Å². The van der Waals surface area contributed by atoms with E-state index in [0.717, 1.165) is 50.8 Å². The van der Waals surface area contributed by atoms with Crippen LogP contribution in [0.25, 0.3) is 10.2 Å². The van der Waals surface area contributed by atoms with Gasteiger partial charge in [-0.25, -0.2) is 14.2 Å². The highest BCUT2D eigenvalue weighted by Crippen LogP contribution is 2.37. The molecule has 0 aliphatic carbocycles. The second kappa shape index (κ2) is 23.4. The van der Waals surface area contributed by atoms with Gasteiger partial charge in [-0.15, -0.1) is 21.5 Å². The molecule has 65 heavy (non-hydrogen) atoms. The van der Waals surface area contributed by atoms with Gasteiger partial charge in [-0.05, 0) is 119 Å². The van der Waals surface area contributed by atoms with Gasteiger partial charge in [0.15, 0.2) is 47.1 Å². The Morgan fingerprint density at radius 3 is 2.42 bits per heavy atom. The number of hydrogen-bond acceptors (Lipinski definition) is 13. The first-order valence-corrected chi connectivity index (χ1v) is 30.6. The normalized spacial score (nSPS) is 12.5. The summed E-state index contributed by atoms with van der Waals surface area (Å²) in [6.07, 6.45) is 3.66. The van der Waals surface area contributed by atoms with Crippen LogP contribution in [0.3, 0.4) is 0 Å². The third kappa shape index (κ3) is 15.1. The quantitative estimate of drug-likeness (QED) is 0.0287. The van der Waals surface area contributed by atoms with Crippen LogP contribution < -0.4 is 14.4 Å². The van der Waals surface area contributed by atoms with Gasteiger partial charge in [0.05, 0.1) is 30.5 Å². The molecular formula is C48H68FN7O5S2Si2. The van der Waals surface area contributed by atoms with Crippen LogP contribution in [-0.2, 0) is 27.1 Å². The SMILES string of the molecule is COC(=O)c1nc(N(CCCCCO[Si](C)(C)C(C)(C)C)c2cc(C)c(/N=c3\sc4ccccc4n3COCC[Si](C)(C)C)nn2)sc1CCCOc1ccc(C#CCN(C)C)cc1F. The van der Waals surface area contributed by atoms with E-state index in [1.54, 1.807) is 23.5 Å². The third-order valence-corrected chi connectivity index (χ3v) is 19.6. The molecule has 0 aliphatic rings. The molecule has 0 bridgehead atoms. The zero-order valence-electron chi connectivity index (χ0n) is 40.5. The van der Waals surface area contributed by atoms with Crippen molar-refractivity contribution in [2.75, 3.05) is 59.0 Å². The largest absolute Gasteiger partial charge is 0.491 e. The molecule has 0 aliphatic heterocycles. The highest BCUT2D eigenvalue weighted by molar-refractivity contribution is 7.16. The number of carbonyl (C=O) groups is 1. The monoisotopic (exact) mass is 961 g/mol. The molecule has 5 rings (SSSR count). The number of halogens is 1. The number of carbonyl (C=O) groups excluding carboxylic acids is 1. The number of rotatable bonds is 22. The van der Waals surface area contributed by atoms with Crippen molar-refractivity contribution in [1.29, 1.82) is 0 Å². The van der Waals surface area contributed by atoms with Gasteiger partial charge in [0.25, 0.3) is 0 Å². The molecule has 17 heteroatoms. The molecule has 352 valence electrons. The maximum atomic E-state index is 14.9. The Hall–Kier alpha value is -4.29. The van der Waals surface area contributed by atoms with Crippen molar-refractivity contribution >= 4 is 72.0 Å². The minimum Gasteiger partial charge on any atom is -0.491 e. The molecule has 0 N–H and O–H groups in total. The number of aromatic nitrogens is 4. The molecule has 0 atom stereocenters. The van der Waals surface area contributed by atoms with Crippen molar-refractivity contribution in [2.45, 2.75) is 110 Å². The second-order valence-corrected chi connectivity index (χ2v) is 31.7. The molecule has 0 amide bonds. The lowest BCUT2D eigenvalue weighted by molar-refractivity contribution is 0.0593. The first-order chi connectivity index (χ1) is 30.8. The first-order valence-electron chi connectivity index (χ1n) is 22.4. The summed E-state index contributed by atoms with van der Waals surface area (Å²) in [6, 6.07) is 16.0. The van der Waals surface area contributed by atoms with Gasteiger partial charge in [-0.3, -0.25) is 9.47 Å². The zero-order valence-corrected chi connectivity index (χ0v) is 44.1. The molecule has 0 radical (unpaired) electrons. The van der Waals surface area contributed by atoms with Gasteiger partial charge < -0.3 is 23.5 Å². The Morgan fingerprint density at radius 1 is 0.954 bits per heavy atom. The van der Waals surface area contributed by atoms with Crippen LogP contribution in [0.4, 0.5) is 21.2 Å². The lowest BCUT2D eigenvalue weighted by Crippen LogP contribution is -2.40. The number of nitrogens with zero attached hydrogens (tertiary/aromatic N) is 7. The van der Waals surface area contributed by atoms with Crippen molar-refractivity contribution in [3.05, 3.63) is 80.8 Å². The highest BCUT2D eigenvalue weighted by Gasteiger charge is 2.36. The number of ether oxygens (including phenoxy) is 3. The Kier molecular flexibility index (Phi) is 18.6. The van der Waals surface area contributed by atoms with Crippen LogP contribution >= 0.6 is 22.7 Å². The highest BCUT2D eigenvalue weighted by atomic mass is 32.1. The molecule has 0 saturated carbocycles. The van der Waals surface area contributed by atoms with E-state index in [2.05, 4.69) is 87.1 Å². The fourth-order valence-electron chi connectivity index (χ4n) is 6.25. The summed E-state index contributed by atoms with van der Waals surface area (Å²) in [5.41, 5.74) is 2.73. The van der Waals surface area contributed by atoms with Crippen LogP contribution in [0.2, 0.25) is 43.8 Å². The number of unbranched alkanes of at least 4 members (excludes halogenated alkanes) is 2. The smallest absolute Gasteiger partial charge is 0.357 e. The Bertz CT molecular complexity index is 2500. The summed E-state index contributed by atoms with van der Waals surface area (Å²) >= 11 is 3.00. The number of aryl methyl sites for hydroxylation is 2. The van der Waals surface area contributed by atoms with Gasteiger partial charge >= 0.3 is 5.97 Å². The van der Waals surface area contributed by atoms with Crippen molar-refractivity contribution in [2.24, 2.45) is 4.99 Å². The van der Waals surface area contributed by atoms with E-state index >= 15 is 0 Å². The third-order valence-electron chi connectivity index (χ3n) is 11.2. The van der Waals surface area contributed by atoms with E-state index < -0.39 is 28.2 Å². The summed E-state index contributed by atoms with van der Waals surface area (Å²) in [5.74, 6) is 6.26. The molecule has 3 aromatic heterocycles. The predicted octanol–water partition coefficient (Wildman–Crippen LogP) is 11.0. The van der Waals surface area contributed by atoms with Crippen molar-refractivity contribution in [1.82, 2.24) is 24.6 Å². The summed E-state index contributed by atoms with van der Waals surface area (Å²) < 4.78 is 41.9. The van der Waals surface area contributed by atoms with Crippen LogP contribution in [0.1, 0.15) is 72.9 Å². The van der Waals surface area contributed by atoms with Gasteiger partial charge in [0, 0.05) is 38.3 Å². The van der Waals surface area contributed by atoms with E-state index in [4.69, 9.17) is 33.7 Å². The average molecular weight is 962 g/mol. The second-order valence-electron chi connectivity index (χ2n) is 19.2. The summed E-state index contributed by atoms with van der Waals surface area (Å²) in [4.78, 5) is 28.6. The number of benzene rings is 2. The molecular weight excluding hydrogens is 894 g/mol. The van der Waals surface area contributed by atoms with E-state index in [9.17, 15) is 9.18 Å². The van der Waals surface area contributed by atoms with Crippen LogP contribution in [0, 0.1) is 24.6 Å². The number of methoxy groups -OCH3 is 1. The van der Waals surface area contributed by atoms with Crippen molar-refractivity contribution in [3.8, 4) is 17.6 Å². The molecule has 2 aromatic carbocycles. The standard InChI is InChI=1S/C48H68FN7O5S2Si2/c1-35-32-42(52-53-44(35)51-47-56(34-59-30-31-64(8,9)10)38-21-14-15-22-40(38)62-47)55(27-16-13-17-29-61-65(11,12)48(2,3)4)46-50-43(45(57)58-7)41(63-46)23-19-28-60-39-25-24-36(33-37(39)49)20-18-26-54(5)6/h14-15,21-22,24-25,32-33H,13,16-17,19,23,26-31,34H2,1-12H3/b51-47-. The Morgan fingerprint density at radius 2 is 1.72 bits per heavy atom. The lowest BCUT2D eigenvalue weighted by Gasteiger charge is -2.36. The minimum absolute atomic E-state index is 0.145. The van der Waals surface area contributed by atoms with E-state index in [0.29, 0.717) is 68.2 Å². The first kappa shape index (κ1) is 51.7. The number of fused-ring (bicyclic) bond motifs is 1. The molecule has 0 saturated heterocycles. The van der Waals surface area contributed by atoms with Crippen molar-refractivity contribution in [3.63, 3.8) is 0 Å². The molecule has 12 nitrogen and oxygen atoms in total. The minimum atomic E-state index is -1.86. The number of thiazole rings is 2. The molecule has 0 unspecified atom stereocenters. The maximum absolute atomic E-state index is 14.9. The number of hydrogen-bond donors (Lipinski definition) is 0. The fourth-order valence-corrected chi connectivity index (χ4v) is 10.2. The van der Waals surface area contributed by atoms with Crippen LogP contribution in [0.15, 0.2) is 53.5 Å². The molecule has 0 spiro atoms. The van der Waals surface area contributed by atoms with Gasteiger partial charge in [0.2, 0.25) is 0 Å². The van der Waals surface area contributed by atoms with Gasteiger partial charge in [-0.2, -0.15) is 4.99 Å². The molecule has 5 aromatic rings. The van der Waals surface area contributed by atoms with Crippen LogP contribution in [-0.4, -0.2) is 101 Å². The number of anilines is 2. The van der Waals surface area contributed by atoms with E-state index in [1.807, 2.05) is 49.0 Å². The average Bonchev–Trinajstić information content (AvgIpc) is 3.82. The van der Waals surface area contributed by atoms with E-state index in [1.165, 1.54) is 24.5 Å². The predicted molar refractivity (Wildman–Crippen MR) is 269 cm³/mol. The topological polar surface area (TPSA) is 116 Å². The molecule has 0 fully saturated rings. The Balaban J connectivity index is 1.38. The maximum Gasteiger partial charge on any atom is 0.357 e. The zero-order chi connectivity index (χ0) is 47.4. The van der Waals surface area contributed by atoms with Gasteiger partial charge in [0.1, 0.15) is 6.73 Å². The fraction of sp³-hybridized carbons (Fsp3) is 0.521. The molecule has 3 heterocycles. The van der Waals surface area contributed by atoms with Crippen molar-refractivity contribution < 1.29 is 27.8 Å². The summed E-state index contributed by atoms with van der Waals surface area (Å²) in [7, 11) is 2.11. The van der Waals surface area contributed by atoms with E-state index in [-0.39, 0.29) is 23.1 Å². The lowest BCUT2D eigenvalue weighted by atomic mass is 10.2. The summed E-state index contributed by atoms with van der Waals surface area (Å²) in [5, 5.41) is 10.2. The Labute approximate surface area is 395 Å². The van der Waals surface area contributed by atoms with Gasteiger partial charge in [-0.1, -0.05) is 75.7 Å². The summed E-state index contributed by atoms with van der Waals surface area (Å²) in [6.45, 7) is 23.5. The number of esters is 1. The number of para-hydroxylation sites is 1.